The van der Waals surface area contributed by atoms with Crippen LogP contribution in [-0.2, 0) is 0 Å². The summed E-state index contributed by atoms with van der Waals surface area (Å²) in [5.41, 5.74) is 6.53. The minimum Gasteiger partial charge on any atom is -0.326 e. The molecule has 0 spiro atoms. The van der Waals surface area contributed by atoms with Gasteiger partial charge in [0.05, 0.1) is 6.04 Å². The zero-order valence-corrected chi connectivity index (χ0v) is 10.8. The van der Waals surface area contributed by atoms with Gasteiger partial charge < -0.3 is 5.73 Å². The molecule has 0 saturated carbocycles. The van der Waals surface area contributed by atoms with E-state index in [0.29, 0.717) is 11.4 Å². The van der Waals surface area contributed by atoms with Gasteiger partial charge in [-0.2, -0.15) is 5.10 Å². The molecule has 1 aromatic heterocycles. The largest absolute Gasteiger partial charge is 0.326 e. The maximum absolute atomic E-state index is 13.9. The van der Waals surface area contributed by atoms with Crippen LogP contribution in [0.25, 0.3) is 0 Å². The quantitative estimate of drug-likeness (QED) is 0.903. The summed E-state index contributed by atoms with van der Waals surface area (Å²) in [5, 5.41) is 4.31. The molecule has 0 radical (unpaired) electrons. The van der Waals surface area contributed by atoms with Crippen molar-refractivity contribution in [2.24, 2.45) is 5.73 Å². The minimum atomic E-state index is -0.340. The van der Waals surface area contributed by atoms with E-state index >= 15 is 0 Å². The van der Waals surface area contributed by atoms with E-state index in [4.69, 9.17) is 5.73 Å². The van der Waals surface area contributed by atoms with Crippen LogP contribution in [0, 0.1) is 19.7 Å². The molecule has 0 saturated heterocycles. The average molecular weight is 248 g/mol. The van der Waals surface area contributed by atoms with Crippen LogP contribution in [0.2, 0.25) is 0 Å². The lowest BCUT2D eigenvalue weighted by atomic mass is 10.0. The molecule has 96 valence electrons. The Bertz CT molecular complexity index is 548. The molecule has 2 unspecified atom stereocenters. The molecule has 1 aromatic carbocycles. The molecular weight excluding hydrogens is 231 g/mol. The van der Waals surface area contributed by atoms with Gasteiger partial charge in [0.2, 0.25) is 0 Å². The summed E-state index contributed by atoms with van der Waals surface area (Å²) >= 11 is 0. The second kappa shape index (κ2) is 4.86. The number of aryl methyl sites for hydroxylation is 2. The van der Waals surface area contributed by atoms with Crippen LogP contribution in [-0.4, -0.2) is 20.8 Å². The van der Waals surface area contributed by atoms with E-state index in [-0.39, 0.29) is 17.9 Å². The van der Waals surface area contributed by atoms with E-state index in [1.807, 2.05) is 20.8 Å². The minimum absolute atomic E-state index is 0.262. The van der Waals surface area contributed by atoms with Crippen molar-refractivity contribution in [3.8, 4) is 0 Å². The van der Waals surface area contributed by atoms with Crippen molar-refractivity contribution in [2.75, 3.05) is 0 Å². The molecule has 0 aliphatic rings. The summed E-state index contributed by atoms with van der Waals surface area (Å²) in [4.78, 5) is 4.24. The number of nitrogens with two attached hydrogens (primary N) is 1. The molecule has 4 nitrogen and oxygen atoms in total. The molecule has 2 aromatic rings. The molecule has 0 aliphatic carbocycles. The number of nitrogens with zero attached hydrogens (tertiary/aromatic N) is 3. The molecule has 0 fully saturated rings. The van der Waals surface area contributed by atoms with Crippen molar-refractivity contribution < 1.29 is 4.39 Å². The Hall–Kier alpha value is -1.75. The topological polar surface area (TPSA) is 56.7 Å². The van der Waals surface area contributed by atoms with Crippen LogP contribution in [0.4, 0.5) is 4.39 Å². The summed E-state index contributed by atoms with van der Waals surface area (Å²) in [6.45, 7) is 5.49. The molecule has 0 aliphatic heterocycles. The standard InChI is InChI=1S/C13H17FN4/c1-8(15)13(11-6-4-5-7-12(11)14)18-10(3)16-9(2)17-18/h4-8,13H,15H2,1-3H3. The number of hydrogen-bond donors (Lipinski definition) is 1. The fourth-order valence-corrected chi connectivity index (χ4v) is 2.15. The number of benzene rings is 1. The number of hydrogen-bond acceptors (Lipinski definition) is 3. The second-order valence-electron chi connectivity index (χ2n) is 4.48. The lowest BCUT2D eigenvalue weighted by Gasteiger charge is -2.23. The highest BCUT2D eigenvalue weighted by Gasteiger charge is 2.24. The Morgan fingerprint density at radius 1 is 1.28 bits per heavy atom. The Balaban J connectivity index is 2.54. The molecule has 2 atom stereocenters. The summed E-state index contributed by atoms with van der Waals surface area (Å²) in [7, 11) is 0. The Kier molecular flexibility index (Phi) is 3.43. The van der Waals surface area contributed by atoms with Crippen LogP contribution >= 0.6 is 0 Å². The molecule has 1 heterocycles. The Labute approximate surface area is 106 Å². The fraction of sp³-hybridized carbons (Fsp3) is 0.385. The smallest absolute Gasteiger partial charge is 0.147 e. The first-order valence-electron chi connectivity index (χ1n) is 5.90. The highest BCUT2D eigenvalue weighted by Crippen LogP contribution is 2.24. The van der Waals surface area contributed by atoms with Crippen LogP contribution in [0.15, 0.2) is 24.3 Å². The predicted molar refractivity (Wildman–Crippen MR) is 67.7 cm³/mol. The third-order valence-corrected chi connectivity index (χ3v) is 2.89. The number of rotatable bonds is 3. The number of aromatic nitrogens is 3. The van der Waals surface area contributed by atoms with Crippen LogP contribution < -0.4 is 5.73 Å². The van der Waals surface area contributed by atoms with Crippen molar-refractivity contribution in [1.29, 1.82) is 0 Å². The van der Waals surface area contributed by atoms with Gasteiger partial charge in [-0.05, 0) is 26.8 Å². The van der Waals surface area contributed by atoms with Gasteiger partial charge in [-0.1, -0.05) is 18.2 Å². The first-order valence-corrected chi connectivity index (χ1v) is 5.90. The zero-order valence-electron chi connectivity index (χ0n) is 10.8. The van der Waals surface area contributed by atoms with Crippen molar-refractivity contribution in [1.82, 2.24) is 14.8 Å². The van der Waals surface area contributed by atoms with Crippen molar-refractivity contribution in [3.63, 3.8) is 0 Å². The van der Waals surface area contributed by atoms with Gasteiger partial charge in [0.1, 0.15) is 17.5 Å². The lowest BCUT2D eigenvalue weighted by molar-refractivity contribution is 0.424. The van der Waals surface area contributed by atoms with Gasteiger partial charge in [0.25, 0.3) is 0 Å². The van der Waals surface area contributed by atoms with Gasteiger partial charge in [-0.15, -0.1) is 0 Å². The molecule has 18 heavy (non-hydrogen) atoms. The van der Waals surface area contributed by atoms with E-state index in [9.17, 15) is 4.39 Å². The Morgan fingerprint density at radius 2 is 1.94 bits per heavy atom. The summed E-state index contributed by atoms with van der Waals surface area (Å²) in [6.07, 6.45) is 0. The third kappa shape index (κ3) is 2.26. The zero-order chi connectivity index (χ0) is 13.3. The predicted octanol–water partition coefficient (Wildman–Crippen LogP) is 1.97. The monoisotopic (exact) mass is 248 g/mol. The van der Waals surface area contributed by atoms with E-state index in [2.05, 4.69) is 10.1 Å². The second-order valence-corrected chi connectivity index (χ2v) is 4.48. The first-order chi connectivity index (χ1) is 8.50. The SMILES string of the molecule is Cc1nc(C)n(C(c2ccccc2F)C(C)N)n1. The summed E-state index contributed by atoms with van der Waals surface area (Å²) in [5.74, 6) is 1.12. The molecule has 2 rings (SSSR count). The normalized spacial score (nSPS) is 14.5. The number of halogens is 1. The summed E-state index contributed by atoms with van der Waals surface area (Å²) < 4.78 is 15.6. The molecular formula is C13H17FN4. The molecule has 0 amide bonds. The van der Waals surface area contributed by atoms with Gasteiger partial charge in [0.15, 0.2) is 0 Å². The van der Waals surface area contributed by atoms with E-state index in [0.717, 1.165) is 5.82 Å². The van der Waals surface area contributed by atoms with Gasteiger partial charge >= 0.3 is 0 Å². The molecule has 0 bridgehead atoms. The summed E-state index contributed by atoms with van der Waals surface area (Å²) in [6, 6.07) is 6.03. The first kappa shape index (κ1) is 12.7. The van der Waals surface area contributed by atoms with E-state index in [1.165, 1.54) is 6.07 Å². The van der Waals surface area contributed by atoms with Crippen molar-refractivity contribution in [2.45, 2.75) is 32.9 Å². The van der Waals surface area contributed by atoms with Crippen molar-refractivity contribution in [3.05, 3.63) is 47.3 Å². The Morgan fingerprint density at radius 3 is 2.44 bits per heavy atom. The maximum atomic E-state index is 13.9. The fourth-order valence-electron chi connectivity index (χ4n) is 2.15. The molecule has 2 N–H and O–H groups in total. The van der Waals surface area contributed by atoms with Gasteiger partial charge in [-0.25, -0.2) is 14.1 Å². The van der Waals surface area contributed by atoms with E-state index < -0.39 is 0 Å². The van der Waals surface area contributed by atoms with E-state index in [1.54, 1.807) is 22.9 Å². The van der Waals surface area contributed by atoms with Crippen molar-refractivity contribution >= 4 is 0 Å². The van der Waals surface area contributed by atoms with Crippen LogP contribution in [0.3, 0.4) is 0 Å². The van der Waals surface area contributed by atoms with Gasteiger partial charge in [0, 0.05) is 11.6 Å². The maximum Gasteiger partial charge on any atom is 0.147 e. The van der Waals surface area contributed by atoms with Gasteiger partial charge in [-0.3, -0.25) is 0 Å². The van der Waals surface area contributed by atoms with Crippen LogP contribution in [0.5, 0.6) is 0 Å². The highest BCUT2D eigenvalue weighted by atomic mass is 19.1. The van der Waals surface area contributed by atoms with Crippen LogP contribution in [0.1, 0.15) is 30.2 Å². The highest BCUT2D eigenvalue weighted by molar-refractivity contribution is 5.23. The third-order valence-electron chi connectivity index (χ3n) is 2.89. The molecule has 5 heteroatoms. The lowest BCUT2D eigenvalue weighted by Crippen LogP contribution is -2.32. The average Bonchev–Trinajstić information content (AvgIpc) is 2.61.